The third-order valence-electron chi connectivity index (χ3n) is 2.92. The largest absolute Gasteiger partial charge is 0.508 e. The molecule has 0 aromatic heterocycles. The standard InChI is InChI=1S/C15H15ClN2O2/c1-2-18(11-4-3-5-12(19)9-11)15(20)13-8-10(17)6-7-14(13)16/h3-9,19H,2,17H2,1H3. The number of nitrogen functional groups attached to an aromatic ring is 1. The van der Waals surface area contributed by atoms with Crippen LogP contribution in [-0.4, -0.2) is 17.6 Å². The van der Waals surface area contributed by atoms with Crippen LogP contribution < -0.4 is 10.6 Å². The number of hydrogen-bond acceptors (Lipinski definition) is 3. The third-order valence-corrected chi connectivity index (χ3v) is 3.25. The van der Waals surface area contributed by atoms with E-state index in [1.54, 1.807) is 36.4 Å². The quantitative estimate of drug-likeness (QED) is 0.852. The van der Waals surface area contributed by atoms with Crippen LogP contribution in [0.5, 0.6) is 5.75 Å². The third kappa shape index (κ3) is 2.86. The summed E-state index contributed by atoms with van der Waals surface area (Å²) >= 11 is 6.06. The van der Waals surface area contributed by atoms with Crippen molar-refractivity contribution >= 4 is 28.9 Å². The van der Waals surface area contributed by atoms with Gasteiger partial charge in [-0.25, -0.2) is 0 Å². The lowest BCUT2D eigenvalue weighted by atomic mass is 10.1. The number of carbonyl (C=O) groups excluding carboxylic acids is 1. The molecule has 1 amide bonds. The van der Waals surface area contributed by atoms with Gasteiger partial charge in [0.15, 0.2) is 0 Å². The maximum absolute atomic E-state index is 12.6. The molecule has 2 aromatic carbocycles. The average molecular weight is 291 g/mol. The number of rotatable bonds is 3. The van der Waals surface area contributed by atoms with Gasteiger partial charge < -0.3 is 15.7 Å². The maximum Gasteiger partial charge on any atom is 0.259 e. The van der Waals surface area contributed by atoms with Gasteiger partial charge in [-0.3, -0.25) is 4.79 Å². The fraction of sp³-hybridized carbons (Fsp3) is 0.133. The van der Waals surface area contributed by atoms with Crippen LogP contribution in [0.4, 0.5) is 11.4 Å². The molecule has 0 saturated heterocycles. The van der Waals surface area contributed by atoms with Gasteiger partial charge in [-0.1, -0.05) is 17.7 Å². The molecule has 2 rings (SSSR count). The highest BCUT2D eigenvalue weighted by Gasteiger charge is 2.19. The summed E-state index contributed by atoms with van der Waals surface area (Å²) in [5.74, 6) is -0.150. The molecule has 0 saturated carbocycles. The van der Waals surface area contributed by atoms with Crippen molar-refractivity contribution in [2.24, 2.45) is 0 Å². The van der Waals surface area contributed by atoms with Crippen molar-refractivity contribution < 1.29 is 9.90 Å². The summed E-state index contributed by atoms with van der Waals surface area (Å²) in [6.07, 6.45) is 0. The summed E-state index contributed by atoms with van der Waals surface area (Å²) in [4.78, 5) is 14.1. The number of benzene rings is 2. The lowest BCUT2D eigenvalue weighted by molar-refractivity contribution is 0.0988. The highest BCUT2D eigenvalue weighted by molar-refractivity contribution is 6.34. The molecule has 0 aliphatic rings. The van der Waals surface area contributed by atoms with Crippen molar-refractivity contribution in [3.05, 3.63) is 53.1 Å². The molecule has 0 bridgehead atoms. The molecular weight excluding hydrogens is 276 g/mol. The lowest BCUT2D eigenvalue weighted by Gasteiger charge is -2.22. The van der Waals surface area contributed by atoms with E-state index in [1.807, 2.05) is 6.92 Å². The van der Waals surface area contributed by atoms with Crippen LogP contribution >= 0.6 is 11.6 Å². The Hall–Kier alpha value is -2.20. The highest BCUT2D eigenvalue weighted by atomic mass is 35.5. The molecule has 0 aliphatic heterocycles. The lowest BCUT2D eigenvalue weighted by Crippen LogP contribution is -2.30. The monoisotopic (exact) mass is 290 g/mol. The number of carbonyl (C=O) groups is 1. The predicted molar refractivity (Wildman–Crippen MR) is 81.3 cm³/mol. The number of amides is 1. The van der Waals surface area contributed by atoms with E-state index >= 15 is 0 Å². The Kier molecular flexibility index (Phi) is 4.15. The first kappa shape index (κ1) is 14.2. The minimum Gasteiger partial charge on any atom is -0.508 e. The van der Waals surface area contributed by atoms with Crippen LogP contribution in [0.25, 0.3) is 0 Å². The number of phenolic OH excluding ortho intramolecular Hbond substituents is 1. The van der Waals surface area contributed by atoms with Gasteiger partial charge in [-0.15, -0.1) is 0 Å². The van der Waals surface area contributed by atoms with Crippen molar-refractivity contribution in [2.75, 3.05) is 17.2 Å². The van der Waals surface area contributed by atoms with Gasteiger partial charge in [0.1, 0.15) is 5.75 Å². The molecule has 0 radical (unpaired) electrons. The van der Waals surface area contributed by atoms with Gasteiger partial charge in [-0.05, 0) is 37.3 Å². The molecule has 0 heterocycles. The number of hydrogen-bond donors (Lipinski definition) is 2. The average Bonchev–Trinajstić information content (AvgIpc) is 2.42. The number of nitrogens with zero attached hydrogens (tertiary/aromatic N) is 1. The van der Waals surface area contributed by atoms with Gasteiger partial charge in [0.2, 0.25) is 0 Å². The van der Waals surface area contributed by atoms with Crippen molar-refractivity contribution in [3.8, 4) is 5.75 Å². The SMILES string of the molecule is CCN(C(=O)c1cc(N)ccc1Cl)c1cccc(O)c1. The molecule has 20 heavy (non-hydrogen) atoms. The van der Waals surface area contributed by atoms with Crippen molar-refractivity contribution in [2.45, 2.75) is 6.92 Å². The van der Waals surface area contributed by atoms with Gasteiger partial charge >= 0.3 is 0 Å². The zero-order chi connectivity index (χ0) is 14.7. The van der Waals surface area contributed by atoms with Crippen molar-refractivity contribution in [1.29, 1.82) is 0 Å². The van der Waals surface area contributed by atoms with Crippen LogP contribution in [0.1, 0.15) is 17.3 Å². The van der Waals surface area contributed by atoms with Crippen LogP contribution in [0.15, 0.2) is 42.5 Å². The van der Waals surface area contributed by atoms with Crippen LogP contribution in [0.3, 0.4) is 0 Å². The first-order chi connectivity index (χ1) is 9.52. The van der Waals surface area contributed by atoms with E-state index in [0.29, 0.717) is 28.5 Å². The molecule has 5 heteroatoms. The Balaban J connectivity index is 2.41. The van der Waals surface area contributed by atoms with Crippen molar-refractivity contribution in [1.82, 2.24) is 0 Å². The summed E-state index contributed by atoms with van der Waals surface area (Å²) in [7, 11) is 0. The predicted octanol–water partition coefficient (Wildman–Crippen LogP) is 3.29. The van der Waals surface area contributed by atoms with E-state index in [2.05, 4.69) is 0 Å². The normalized spacial score (nSPS) is 10.3. The van der Waals surface area contributed by atoms with Gasteiger partial charge in [0.05, 0.1) is 10.6 Å². The highest BCUT2D eigenvalue weighted by Crippen LogP contribution is 2.25. The fourth-order valence-corrected chi connectivity index (χ4v) is 2.15. The smallest absolute Gasteiger partial charge is 0.259 e. The number of halogens is 1. The first-order valence-electron chi connectivity index (χ1n) is 6.19. The van der Waals surface area contributed by atoms with Gasteiger partial charge in [-0.2, -0.15) is 0 Å². The summed E-state index contributed by atoms with van der Waals surface area (Å²) in [5.41, 5.74) is 7.13. The Morgan fingerprint density at radius 3 is 2.70 bits per heavy atom. The molecule has 104 valence electrons. The molecule has 0 unspecified atom stereocenters. The molecule has 0 aliphatic carbocycles. The second-order valence-electron chi connectivity index (χ2n) is 4.31. The summed E-state index contributed by atoms with van der Waals surface area (Å²) < 4.78 is 0. The van der Waals surface area contributed by atoms with E-state index < -0.39 is 0 Å². The second-order valence-corrected chi connectivity index (χ2v) is 4.72. The van der Waals surface area contributed by atoms with Crippen molar-refractivity contribution in [3.63, 3.8) is 0 Å². The molecule has 2 aromatic rings. The molecule has 0 atom stereocenters. The number of aromatic hydroxyl groups is 1. The summed E-state index contributed by atoms with van der Waals surface area (Å²) in [5, 5.41) is 9.87. The Labute approximate surface area is 122 Å². The number of phenols is 1. The zero-order valence-electron chi connectivity index (χ0n) is 11.0. The summed E-state index contributed by atoms with van der Waals surface area (Å²) in [6.45, 7) is 2.30. The van der Waals surface area contributed by atoms with Gasteiger partial charge in [0, 0.05) is 24.0 Å². The van der Waals surface area contributed by atoms with Crippen LogP contribution in [-0.2, 0) is 0 Å². The second kappa shape index (κ2) is 5.84. The van der Waals surface area contributed by atoms with E-state index in [-0.39, 0.29) is 11.7 Å². The number of anilines is 2. The Morgan fingerprint density at radius 2 is 2.05 bits per heavy atom. The van der Waals surface area contributed by atoms with Crippen LogP contribution in [0, 0.1) is 0 Å². The molecule has 3 N–H and O–H groups in total. The van der Waals surface area contributed by atoms with E-state index in [0.717, 1.165) is 0 Å². The summed E-state index contributed by atoms with van der Waals surface area (Å²) in [6, 6.07) is 11.3. The van der Waals surface area contributed by atoms with E-state index in [4.69, 9.17) is 17.3 Å². The van der Waals surface area contributed by atoms with E-state index in [9.17, 15) is 9.90 Å². The fourth-order valence-electron chi connectivity index (χ4n) is 1.96. The number of nitrogens with two attached hydrogens (primary N) is 1. The Morgan fingerprint density at radius 1 is 1.30 bits per heavy atom. The Bertz CT molecular complexity index is 644. The molecule has 4 nitrogen and oxygen atoms in total. The molecular formula is C15H15ClN2O2. The zero-order valence-corrected chi connectivity index (χ0v) is 11.8. The van der Waals surface area contributed by atoms with Crippen LogP contribution in [0.2, 0.25) is 5.02 Å². The minimum atomic E-state index is -0.254. The van der Waals surface area contributed by atoms with E-state index in [1.165, 1.54) is 11.0 Å². The maximum atomic E-state index is 12.6. The molecule has 0 spiro atoms. The topological polar surface area (TPSA) is 66.6 Å². The minimum absolute atomic E-state index is 0.104. The van der Waals surface area contributed by atoms with Gasteiger partial charge in [0.25, 0.3) is 5.91 Å². The first-order valence-corrected chi connectivity index (χ1v) is 6.56. The molecule has 0 fully saturated rings.